The van der Waals surface area contributed by atoms with Crippen molar-refractivity contribution in [2.24, 2.45) is 5.41 Å². The van der Waals surface area contributed by atoms with Crippen molar-refractivity contribution in [2.75, 3.05) is 13.1 Å². The number of aliphatic carboxylic acids is 1. The van der Waals surface area contributed by atoms with Crippen LogP contribution in [0, 0.1) is 12.3 Å². The molecule has 1 aliphatic heterocycles. The van der Waals surface area contributed by atoms with Gasteiger partial charge in [0.1, 0.15) is 0 Å². The minimum atomic E-state index is -0.858. The molecule has 1 amide bonds. The topological polar surface area (TPSA) is 75.4 Å². The molecule has 1 aliphatic rings. The monoisotopic (exact) mass is 327 g/mol. The van der Waals surface area contributed by atoms with E-state index in [2.05, 4.69) is 5.10 Å². The number of amides is 1. The van der Waals surface area contributed by atoms with Gasteiger partial charge < -0.3 is 10.0 Å². The molecule has 0 bridgehead atoms. The second-order valence-electron chi connectivity index (χ2n) is 6.63. The highest BCUT2D eigenvalue weighted by Crippen LogP contribution is 2.31. The molecule has 0 unspecified atom stereocenters. The Balaban J connectivity index is 1.76. The lowest BCUT2D eigenvalue weighted by atomic mass is 9.90. The van der Waals surface area contributed by atoms with Gasteiger partial charge in [-0.2, -0.15) is 5.10 Å². The molecule has 6 nitrogen and oxygen atoms in total. The van der Waals surface area contributed by atoms with Gasteiger partial charge in [0.05, 0.1) is 23.7 Å². The minimum absolute atomic E-state index is 0.142. The van der Waals surface area contributed by atoms with E-state index in [1.165, 1.54) is 0 Å². The molecule has 1 aromatic carbocycles. The first-order valence-electron chi connectivity index (χ1n) is 8.00. The fourth-order valence-electron chi connectivity index (χ4n) is 3.05. The Labute approximate surface area is 140 Å². The molecule has 2 aromatic rings. The summed E-state index contributed by atoms with van der Waals surface area (Å²) in [7, 11) is 0. The minimum Gasteiger partial charge on any atom is -0.481 e. The largest absolute Gasteiger partial charge is 0.481 e. The van der Waals surface area contributed by atoms with Crippen molar-refractivity contribution in [3.05, 3.63) is 53.3 Å². The summed E-state index contributed by atoms with van der Waals surface area (Å²) in [5.74, 6) is -0.994. The summed E-state index contributed by atoms with van der Waals surface area (Å²) >= 11 is 0. The van der Waals surface area contributed by atoms with E-state index in [0.717, 1.165) is 11.3 Å². The fourth-order valence-corrected chi connectivity index (χ4v) is 3.05. The van der Waals surface area contributed by atoms with Gasteiger partial charge in [0.25, 0.3) is 5.91 Å². The first kappa shape index (κ1) is 16.2. The van der Waals surface area contributed by atoms with Gasteiger partial charge in [-0.3, -0.25) is 14.3 Å². The molecular formula is C18H21N3O3. The maximum atomic E-state index is 12.7. The van der Waals surface area contributed by atoms with Gasteiger partial charge in [0, 0.05) is 18.8 Å². The van der Waals surface area contributed by atoms with Gasteiger partial charge >= 0.3 is 5.97 Å². The zero-order chi connectivity index (χ0) is 17.3. The van der Waals surface area contributed by atoms with Crippen LogP contribution in [0.4, 0.5) is 0 Å². The third-order valence-electron chi connectivity index (χ3n) is 4.79. The van der Waals surface area contributed by atoms with Crippen LogP contribution >= 0.6 is 0 Å². The average molecular weight is 327 g/mol. The summed E-state index contributed by atoms with van der Waals surface area (Å²) in [5.41, 5.74) is 1.60. The number of nitrogens with zero attached hydrogens (tertiary/aromatic N) is 3. The molecule has 24 heavy (non-hydrogen) atoms. The van der Waals surface area contributed by atoms with Gasteiger partial charge in [0.2, 0.25) is 0 Å². The molecule has 1 atom stereocenters. The van der Waals surface area contributed by atoms with Crippen LogP contribution in [-0.2, 0) is 11.3 Å². The van der Waals surface area contributed by atoms with E-state index in [1.54, 1.807) is 22.7 Å². The lowest BCUT2D eigenvalue weighted by molar-refractivity contribution is -0.147. The summed E-state index contributed by atoms with van der Waals surface area (Å²) < 4.78 is 1.80. The van der Waals surface area contributed by atoms with E-state index in [0.29, 0.717) is 25.1 Å². The molecule has 126 valence electrons. The van der Waals surface area contributed by atoms with Crippen molar-refractivity contribution >= 4 is 11.9 Å². The number of carboxylic acids is 1. The number of carboxylic acid groups (broad SMARTS) is 1. The lowest BCUT2D eigenvalue weighted by Gasteiger charge is -2.20. The molecule has 3 rings (SSSR count). The van der Waals surface area contributed by atoms with E-state index >= 15 is 0 Å². The van der Waals surface area contributed by atoms with Crippen molar-refractivity contribution < 1.29 is 14.7 Å². The van der Waals surface area contributed by atoms with Crippen LogP contribution < -0.4 is 0 Å². The quantitative estimate of drug-likeness (QED) is 0.934. The van der Waals surface area contributed by atoms with Crippen molar-refractivity contribution in [3.63, 3.8) is 0 Å². The number of hydrogen-bond acceptors (Lipinski definition) is 3. The maximum absolute atomic E-state index is 12.7. The zero-order valence-electron chi connectivity index (χ0n) is 13.9. The number of hydrogen-bond donors (Lipinski definition) is 1. The SMILES string of the molecule is Cc1c(C(=O)N2CC[C@](C)(C(=O)O)C2)cnn1Cc1ccccc1. The van der Waals surface area contributed by atoms with Crippen LogP contribution in [0.25, 0.3) is 0 Å². The third-order valence-corrected chi connectivity index (χ3v) is 4.79. The predicted molar refractivity (Wildman–Crippen MR) is 88.8 cm³/mol. The molecule has 0 spiro atoms. The standard InChI is InChI=1S/C18H21N3O3/c1-13-15(10-19-21(13)11-14-6-4-3-5-7-14)16(22)20-9-8-18(2,12-20)17(23)24/h3-7,10H,8-9,11-12H2,1-2H3,(H,23,24)/t18-/m0/s1. The number of rotatable bonds is 4. The highest BCUT2D eigenvalue weighted by Gasteiger charge is 2.42. The van der Waals surface area contributed by atoms with E-state index in [4.69, 9.17) is 0 Å². The molecule has 0 radical (unpaired) electrons. The van der Waals surface area contributed by atoms with E-state index in [-0.39, 0.29) is 12.5 Å². The van der Waals surface area contributed by atoms with Gasteiger partial charge in [-0.1, -0.05) is 30.3 Å². The molecule has 1 fully saturated rings. The second-order valence-corrected chi connectivity index (χ2v) is 6.63. The van der Waals surface area contributed by atoms with E-state index in [9.17, 15) is 14.7 Å². The van der Waals surface area contributed by atoms with Crippen LogP contribution in [-0.4, -0.2) is 44.8 Å². The smallest absolute Gasteiger partial charge is 0.311 e. The summed E-state index contributed by atoms with van der Waals surface area (Å²) in [4.78, 5) is 25.7. The molecule has 1 aromatic heterocycles. The second kappa shape index (κ2) is 6.11. The summed E-state index contributed by atoms with van der Waals surface area (Å²) in [5, 5.41) is 13.6. The van der Waals surface area contributed by atoms with Crippen molar-refractivity contribution in [2.45, 2.75) is 26.8 Å². The first-order valence-corrected chi connectivity index (χ1v) is 8.00. The van der Waals surface area contributed by atoms with E-state index < -0.39 is 11.4 Å². The number of benzene rings is 1. The Morgan fingerprint density at radius 3 is 2.62 bits per heavy atom. The van der Waals surface area contributed by atoms with Gasteiger partial charge in [-0.25, -0.2) is 0 Å². The Kier molecular flexibility index (Phi) is 4.13. The third kappa shape index (κ3) is 2.91. The molecule has 6 heteroatoms. The Morgan fingerprint density at radius 2 is 2.00 bits per heavy atom. The van der Waals surface area contributed by atoms with Crippen LogP contribution in [0.1, 0.15) is 35.0 Å². The Hall–Kier alpha value is -2.63. The van der Waals surface area contributed by atoms with Gasteiger partial charge in [-0.05, 0) is 25.8 Å². The molecular weight excluding hydrogens is 306 g/mol. The zero-order valence-corrected chi connectivity index (χ0v) is 13.9. The average Bonchev–Trinajstić information content (AvgIpc) is 3.13. The van der Waals surface area contributed by atoms with Gasteiger partial charge in [0.15, 0.2) is 0 Å². The molecule has 1 N–H and O–H groups in total. The summed E-state index contributed by atoms with van der Waals surface area (Å²) in [6.07, 6.45) is 2.06. The lowest BCUT2D eigenvalue weighted by Crippen LogP contribution is -2.35. The highest BCUT2D eigenvalue weighted by atomic mass is 16.4. The number of likely N-dealkylation sites (tertiary alicyclic amines) is 1. The summed E-state index contributed by atoms with van der Waals surface area (Å²) in [6, 6.07) is 9.93. The van der Waals surface area contributed by atoms with Crippen molar-refractivity contribution in [1.29, 1.82) is 0 Å². The summed E-state index contributed by atoms with van der Waals surface area (Å²) in [6.45, 7) is 4.87. The van der Waals surface area contributed by atoms with Gasteiger partial charge in [-0.15, -0.1) is 0 Å². The Bertz CT molecular complexity index is 769. The predicted octanol–water partition coefficient (Wildman–Crippen LogP) is 2.18. The van der Waals surface area contributed by atoms with Crippen molar-refractivity contribution in [3.8, 4) is 0 Å². The molecule has 0 aliphatic carbocycles. The highest BCUT2D eigenvalue weighted by molar-refractivity contribution is 5.95. The number of carbonyl (C=O) groups excluding carboxylic acids is 1. The van der Waals surface area contributed by atoms with Crippen molar-refractivity contribution in [1.82, 2.24) is 14.7 Å². The van der Waals surface area contributed by atoms with Crippen LogP contribution in [0.3, 0.4) is 0 Å². The maximum Gasteiger partial charge on any atom is 0.311 e. The normalized spacial score (nSPS) is 20.3. The molecule has 0 saturated carbocycles. The van der Waals surface area contributed by atoms with Crippen LogP contribution in [0.15, 0.2) is 36.5 Å². The fraction of sp³-hybridized carbons (Fsp3) is 0.389. The molecule has 1 saturated heterocycles. The van der Waals surface area contributed by atoms with Crippen LogP contribution in [0.5, 0.6) is 0 Å². The van der Waals surface area contributed by atoms with E-state index in [1.807, 2.05) is 37.3 Å². The molecule has 2 heterocycles. The Morgan fingerprint density at radius 1 is 1.29 bits per heavy atom. The number of aromatic nitrogens is 2. The first-order chi connectivity index (χ1) is 11.4. The number of carbonyl (C=O) groups is 2. The van der Waals surface area contributed by atoms with Crippen LogP contribution in [0.2, 0.25) is 0 Å².